The summed E-state index contributed by atoms with van der Waals surface area (Å²) in [7, 11) is 1.55. The predicted molar refractivity (Wildman–Crippen MR) is 157 cm³/mol. The fourth-order valence-corrected chi connectivity index (χ4v) is 5.46. The SMILES string of the molecule is COc1cccc2c(=O)n(-c3cccc(-c4ccc(C(N)=O)c5[nH]c6cc(C(C)(C)O)ccc6c45)c3C)cnc12. The Balaban J connectivity index is 1.62. The Hall–Kier alpha value is -4.95. The molecule has 40 heavy (non-hydrogen) atoms. The number of rotatable bonds is 5. The highest BCUT2D eigenvalue weighted by Crippen LogP contribution is 2.39. The smallest absolute Gasteiger partial charge is 0.265 e. The molecule has 0 saturated carbocycles. The van der Waals surface area contributed by atoms with Crippen LogP contribution >= 0.6 is 0 Å². The molecule has 0 aliphatic rings. The first-order chi connectivity index (χ1) is 19.1. The number of nitrogens with zero attached hydrogens (tertiary/aromatic N) is 2. The topological polar surface area (TPSA) is 123 Å². The highest BCUT2D eigenvalue weighted by molar-refractivity contribution is 6.20. The first-order valence-electron chi connectivity index (χ1n) is 12.9. The van der Waals surface area contributed by atoms with Gasteiger partial charge in [0, 0.05) is 16.3 Å². The van der Waals surface area contributed by atoms with Crippen LogP contribution in [0.2, 0.25) is 0 Å². The summed E-state index contributed by atoms with van der Waals surface area (Å²) >= 11 is 0. The minimum atomic E-state index is -1.03. The molecule has 0 saturated heterocycles. The minimum Gasteiger partial charge on any atom is -0.494 e. The summed E-state index contributed by atoms with van der Waals surface area (Å²) in [6.45, 7) is 5.42. The van der Waals surface area contributed by atoms with Crippen LogP contribution < -0.4 is 16.0 Å². The summed E-state index contributed by atoms with van der Waals surface area (Å²) < 4.78 is 6.93. The number of fused-ring (bicyclic) bond motifs is 4. The van der Waals surface area contributed by atoms with Crippen LogP contribution in [0.25, 0.3) is 49.5 Å². The Bertz CT molecular complexity index is 2050. The van der Waals surface area contributed by atoms with Gasteiger partial charge in [0.05, 0.1) is 34.9 Å². The Morgan fingerprint density at radius 2 is 1.80 bits per heavy atom. The molecular weight excluding hydrogens is 504 g/mol. The molecule has 4 aromatic carbocycles. The number of carbonyl (C=O) groups excluding carboxylic acids is 1. The van der Waals surface area contributed by atoms with Gasteiger partial charge in [0.1, 0.15) is 17.6 Å². The van der Waals surface area contributed by atoms with Crippen LogP contribution in [0, 0.1) is 6.92 Å². The standard InChI is InChI=1S/C32H28N4O4/c1-17-19(7-5-9-25(17)36-16-34-28-23(31(36)38)8-6-10-26(28)40-4)20-13-14-22(30(33)37)29-27(20)21-12-11-18(32(2,3)39)15-24(21)35-29/h5-16,35,39H,1-4H3,(H2,33,37). The molecule has 8 heteroatoms. The van der Waals surface area contributed by atoms with Gasteiger partial charge in [0.2, 0.25) is 0 Å². The monoisotopic (exact) mass is 532 g/mol. The Morgan fingerprint density at radius 3 is 2.52 bits per heavy atom. The minimum absolute atomic E-state index is 0.204. The van der Waals surface area contributed by atoms with Gasteiger partial charge in [-0.3, -0.25) is 14.2 Å². The van der Waals surface area contributed by atoms with Gasteiger partial charge in [0.25, 0.3) is 11.5 Å². The second-order valence-corrected chi connectivity index (χ2v) is 10.4. The zero-order chi connectivity index (χ0) is 28.3. The van der Waals surface area contributed by atoms with Gasteiger partial charge in [-0.2, -0.15) is 0 Å². The van der Waals surface area contributed by atoms with E-state index in [2.05, 4.69) is 9.97 Å². The number of aliphatic hydroxyl groups is 1. The third-order valence-corrected chi connectivity index (χ3v) is 7.55. The lowest BCUT2D eigenvalue weighted by atomic mass is 9.92. The average molecular weight is 533 g/mol. The van der Waals surface area contributed by atoms with Crippen molar-refractivity contribution in [3.05, 3.63) is 100 Å². The van der Waals surface area contributed by atoms with Crippen LogP contribution in [0.3, 0.4) is 0 Å². The number of nitrogens with one attached hydrogen (secondary N) is 1. The van der Waals surface area contributed by atoms with Gasteiger partial charge in [-0.05, 0) is 73.4 Å². The molecule has 0 fully saturated rings. The Labute approximate surface area is 229 Å². The predicted octanol–water partition coefficient (Wildman–Crippen LogP) is 5.33. The number of aromatic amines is 1. The van der Waals surface area contributed by atoms with Crippen molar-refractivity contribution >= 4 is 38.6 Å². The first kappa shape index (κ1) is 25.3. The molecule has 0 radical (unpaired) electrons. The molecular formula is C32H28N4O4. The van der Waals surface area contributed by atoms with Crippen molar-refractivity contribution in [1.82, 2.24) is 14.5 Å². The first-order valence-corrected chi connectivity index (χ1v) is 12.9. The number of ether oxygens (including phenoxy) is 1. The summed E-state index contributed by atoms with van der Waals surface area (Å²) in [6, 6.07) is 20.4. The second-order valence-electron chi connectivity index (χ2n) is 10.4. The lowest BCUT2D eigenvalue weighted by Crippen LogP contribution is -2.20. The second kappa shape index (κ2) is 9.07. The lowest BCUT2D eigenvalue weighted by molar-refractivity contribution is 0.0787. The molecule has 6 rings (SSSR count). The third kappa shape index (κ3) is 3.84. The van der Waals surface area contributed by atoms with E-state index in [1.165, 1.54) is 6.33 Å². The van der Waals surface area contributed by atoms with Crippen LogP contribution in [0.1, 0.15) is 35.3 Å². The maximum absolute atomic E-state index is 13.6. The van der Waals surface area contributed by atoms with E-state index in [1.54, 1.807) is 49.8 Å². The van der Waals surface area contributed by atoms with Crippen molar-refractivity contribution < 1.29 is 14.6 Å². The molecule has 0 aliphatic heterocycles. The lowest BCUT2D eigenvalue weighted by Gasteiger charge is -2.17. The van der Waals surface area contributed by atoms with Crippen LogP contribution in [-0.4, -0.2) is 32.7 Å². The van der Waals surface area contributed by atoms with Crippen LogP contribution in [0.4, 0.5) is 0 Å². The molecule has 200 valence electrons. The molecule has 1 amide bonds. The van der Waals surface area contributed by atoms with Gasteiger partial charge >= 0.3 is 0 Å². The molecule has 0 spiro atoms. The fourth-order valence-electron chi connectivity index (χ4n) is 5.46. The van der Waals surface area contributed by atoms with Crippen molar-refractivity contribution in [1.29, 1.82) is 0 Å². The molecule has 6 aromatic rings. The largest absolute Gasteiger partial charge is 0.494 e. The molecule has 0 aliphatic carbocycles. The molecule has 2 aromatic heterocycles. The zero-order valence-electron chi connectivity index (χ0n) is 22.6. The van der Waals surface area contributed by atoms with Gasteiger partial charge < -0.3 is 20.6 Å². The fraction of sp³-hybridized carbons (Fsp3) is 0.156. The molecule has 0 unspecified atom stereocenters. The number of aromatic nitrogens is 3. The van der Waals surface area contributed by atoms with Crippen LogP contribution in [-0.2, 0) is 5.60 Å². The highest BCUT2D eigenvalue weighted by atomic mass is 16.5. The summed E-state index contributed by atoms with van der Waals surface area (Å²) in [4.78, 5) is 33.8. The Morgan fingerprint density at radius 1 is 1.02 bits per heavy atom. The summed E-state index contributed by atoms with van der Waals surface area (Å²) in [5.74, 6) is -0.00302. The molecule has 2 heterocycles. The molecule has 4 N–H and O–H groups in total. The van der Waals surface area contributed by atoms with Crippen molar-refractivity contribution in [2.45, 2.75) is 26.4 Å². The average Bonchev–Trinajstić information content (AvgIpc) is 3.31. The van der Waals surface area contributed by atoms with Gasteiger partial charge in [-0.25, -0.2) is 4.98 Å². The van der Waals surface area contributed by atoms with Crippen LogP contribution in [0.15, 0.2) is 77.9 Å². The van der Waals surface area contributed by atoms with Crippen molar-refractivity contribution in [3.8, 4) is 22.6 Å². The number of hydrogen-bond donors (Lipinski definition) is 3. The van der Waals surface area contributed by atoms with E-state index in [0.29, 0.717) is 33.4 Å². The van der Waals surface area contributed by atoms with E-state index in [0.717, 1.165) is 38.5 Å². The maximum Gasteiger partial charge on any atom is 0.265 e. The quantitative estimate of drug-likeness (QED) is 0.277. The number of amides is 1. The third-order valence-electron chi connectivity index (χ3n) is 7.55. The van der Waals surface area contributed by atoms with Crippen molar-refractivity contribution in [2.24, 2.45) is 5.73 Å². The number of benzene rings is 4. The van der Waals surface area contributed by atoms with Gasteiger partial charge in [-0.1, -0.05) is 36.4 Å². The molecule has 8 nitrogen and oxygen atoms in total. The number of primary amides is 1. The van der Waals surface area contributed by atoms with Crippen molar-refractivity contribution in [2.75, 3.05) is 7.11 Å². The van der Waals surface area contributed by atoms with E-state index in [4.69, 9.17) is 10.5 Å². The van der Waals surface area contributed by atoms with Gasteiger partial charge in [-0.15, -0.1) is 0 Å². The van der Waals surface area contributed by atoms with Gasteiger partial charge in [0.15, 0.2) is 0 Å². The molecule has 0 atom stereocenters. The van der Waals surface area contributed by atoms with E-state index in [-0.39, 0.29) is 5.56 Å². The number of para-hydroxylation sites is 1. The van der Waals surface area contributed by atoms with Crippen LogP contribution in [0.5, 0.6) is 5.75 Å². The summed E-state index contributed by atoms with van der Waals surface area (Å²) in [5, 5.41) is 12.7. The number of nitrogens with two attached hydrogens (primary N) is 1. The summed E-state index contributed by atoms with van der Waals surface area (Å²) in [5.41, 5.74) is 10.9. The zero-order valence-corrected chi connectivity index (χ0v) is 22.6. The van der Waals surface area contributed by atoms with E-state index in [1.807, 2.05) is 49.4 Å². The van der Waals surface area contributed by atoms with E-state index >= 15 is 0 Å². The molecule has 0 bridgehead atoms. The van der Waals surface area contributed by atoms with E-state index in [9.17, 15) is 14.7 Å². The number of H-pyrrole nitrogens is 1. The number of hydrogen-bond acceptors (Lipinski definition) is 5. The number of methoxy groups -OCH3 is 1. The van der Waals surface area contributed by atoms with E-state index < -0.39 is 11.5 Å². The maximum atomic E-state index is 13.6. The summed E-state index contributed by atoms with van der Waals surface area (Å²) in [6.07, 6.45) is 1.52. The highest BCUT2D eigenvalue weighted by Gasteiger charge is 2.22. The Kier molecular flexibility index (Phi) is 5.74. The number of carbonyl (C=O) groups is 1. The normalized spacial score (nSPS) is 11.9. The van der Waals surface area contributed by atoms with Crippen molar-refractivity contribution in [3.63, 3.8) is 0 Å².